The minimum Gasteiger partial charge on any atom is -0.466 e. The summed E-state index contributed by atoms with van der Waals surface area (Å²) in [4.78, 5) is 24.5. The van der Waals surface area contributed by atoms with Gasteiger partial charge < -0.3 is 20.3 Å². The summed E-state index contributed by atoms with van der Waals surface area (Å²) in [7, 11) is 0. The van der Waals surface area contributed by atoms with E-state index in [1.54, 1.807) is 0 Å². The molecule has 0 fully saturated rings. The van der Waals surface area contributed by atoms with Crippen LogP contribution in [-0.4, -0.2) is 47.4 Å². The summed E-state index contributed by atoms with van der Waals surface area (Å²) in [6.07, 6.45) is 52.1. The van der Waals surface area contributed by atoms with E-state index in [9.17, 15) is 19.8 Å². The Morgan fingerprint density at radius 2 is 0.719 bits per heavy atom. The molecule has 6 nitrogen and oxygen atoms in total. The van der Waals surface area contributed by atoms with E-state index in [0.717, 1.165) is 57.8 Å². The fourth-order valence-electron chi connectivity index (χ4n) is 8.17. The molecule has 6 heteroatoms. The van der Waals surface area contributed by atoms with Crippen molar-refractivity contribution in [3.63, 3.8) is 0 Å². The number of amides is 1. The van der Waals surface area contributed by atoms with Crippen LogP contribution < -0.4 is 5.32 Å². The first-order valence-corrected chi connectivity index (χ1v) is 25.8. The predicted octanol–water partition coefficient (Wildman–Crippen LogP) is 15.2. The van der Waals surface area contributed by atoms with E-state index < -0.39 is 12.1 Å². The summed E-state index contributed by atoms with van der Waals surface area (Å²) >= 11 is 0. The van der Waals surface area contributed by atoms with E-state index >= 15 is 0 Å². The molecule has 0 heterocycles. The second kappa shape index (κ2) is 47.5. The standard InChI is InChI=1S/C51H101NO5/c1-3-5-7-9-11-13-15-17-18-19-20-21-22-23-27-31-35-39-43-49(54)48(47-53)52-50(55)44-40-36-32-28-25-26-30-34-38-42-46-57-51(56)45-41-37-33-29-24-16-14-12-10-8-6-4-2/h48-49,53-54H,3-47H2,1-2H3,(H,52,55). The van der Waals surface area contributed by atoms with Gasteiger partial charge in [-0.3, -0.25) is 9.59 Å². The summed E-state index contributed by atoms with van der Waals surface area (Å²) in [5, 5.41) is 23.2. The highest BCUT2D eigenvalue weighted by Gasteiger charge is 2.20. The van der Waals surface area contributed by atoms with Crippen molar-refractivity contribution in [1.29, 1.82) is 0 Å². The van der Waals surface area contributed by atoms with Crippen molar-refractivity contribution >= 4 is 11.9 Å². The minimum atomic E-state index is -0.677. The monoisotopic (exact) mass is 808 g/mol. The van der Waals surface area contributed by atoms with Gasteiger partial charge in [-0.15, -0.1) is 0 Å². The average Bonchev–Trinajstić information content (AvgIpc) is 3.21. The zero-order chi connectivity index (χ0) is 41.5. The summed E-state index contributed by atoms with van der Waals surface area (Å²) in [6, 6.07) is -0.556. The second-order valence-corrected chi connectivity index (χ2v) is 17.9. The fourth-order valence-corrected chi connectivity index (χ4v) is 8.17. The molecular formula is C51H101NO5. The van der Waals surface area contributed by atoms with Crippen LogP contribution in [-0.2, 0) is 14.3 Å². The Bertz CT molecular complexity index is 806. The number of carbonyl (C=O) groups is 2. The zero-order valence-corrected chi connectivity index (χ0v) is 38.6. The molecule has 0 radical (unpaired) electrons. The molecule has 0 saturated carbocycles. The van der Waals surface area contributed by atoms with Gasteiger partial charge in [0.1, 0.15) is 0 Å². The smallest absolute Gasteiger partial charge is 0.305 e. The molecule has 0 aliphatic rings. The van der Waals surface area contributed by atoms with Gasteiger partial charge in [0.2, 0.25) is 5.91 Å². The second-order valence-electron chi connectivity index (χ2n) is 17.9. The number of esters is 1. The van der Waals surface area contributed by atoms with Crippen LogP contribution in [0.1, 0.15) is 290 Å². The van der Waals surface area contributed by atoms with Crippen molar-refractivity contribution < 1.29 is 24.5 Å². The number of ether oxygens (including phenoxy) is 1. The van der Waals surface area contributed by atoms with E-state index in [2.05, 4.69) is 19.2 Å². The highest BCUT2D eigenvalue weighted by atomic mass is 16.5. The van der Waals surface area contributed by atoms with Gasteiger partial charge >= 0.3 is 5.97 Å². The summed E-state index contributed by atoms with van der Waals surface area (Å²) in [5.41, 5.74) is 0. The summed E-state index contributed by atoms with van der Waals surface area (Å²) < 4.78 is 5.44. The first-order valence-electron chi connectivity index (χ1n) is 25.8. The maximum atomic E-state index is 12.5. The van der Waals surface area contributed by atoms with Gasteiger partial charge in [-0.2, -0.15) is 0 Å². The van der Waals surface area contributed by atoms with Crippen LogP contribution in [0.3, 0.4) is 0 Å². The normalized spacial score (nSPS) is 12.6. The van der Waals surface area contributed by atoms with Crippen LogP contribution in [0.5, 0.6) is 0 Å². The fraction of sp³-hybridized carbons (Fsp3) is 0.961. The molecule has 0 aromatic rings. The van der Waals surface area contributed by atoms with Gasteiger partial charge in [0, 0.05) is 12.8 Å². The van der Waals surface area contributed by atoms with Gasteiger partial charge in [0.25, 0.3) is 0 Å². The maximum absolute atomic E-state index is 12.5. The number of nitrogens with one attached hydrogen (secondary N) is 1. The number of hydrogen-bond donors (Lipinski definition) is 3. The highest BCUT2D eigenvalue weighted by Crippen LogP contribution is 2.17. The Hall–Kier alpha value is -1.14. The Morgan fingerprint density at radius 1 is 0.421 bits per heavy atom. The van der Waals surface area contributed by atoms with E-state index in [1.165, 1.54) is 199 Å². The molecule has 0 rings (SSSR count). The Kier molecular flexibility index (Phi) is 46.6. The molecule has 0 aromatic carbocycles. The van der Waals surface area contributed by atoms with Crippen LogP contribution in [0.4, 0.5) is 0 Å². The van der Waals surface area contributed by atoms with Crippen LogP contribution in [0.15, 0.2) is 0 Å². The van der Waals surface area contributed by atoms with Gasteiger partial charge in [-0.05, 0) is 25.7 Å². The Labute approximate surface area is 356 Å². The van der Waals surface area contributed by atoms with Crippen LogP contribution in [0.25, 0.3) is 0 Å². The van der Waals surface area contributed by atoms with E-state index in [0.29, 0.717) is 25.9 Å². The lowest BCUT2D eigenvalue weighted by Crippen LogP contribution is -2.45. The molecule has 1 amide bonds. The van der Waals surface area contributed by atoms with Crippen molar-refractivity contribution in [1.82, 2.24) is 5.32 Å². The Morgan fingerprint density at radius 3 is 1.07 bits per heavy atom. The van der Waals surface area contributed by atoms with Crippen LogP contribution in [0.2, 0.25) is 0 Å². The van der Waals surface area contributed by atoms with E-state index in [4.69, 9.17) is 4.74 Å². The molecule has 0 aliphatic heterocycles. The molecule has 57 heavy (non-hydrogen) atoms. The lowest BCUT2D eigenvalue weighted by molar-refractivity contribution is -0.143. The molecule has 3 N–H and O–H groups in total. The molecule has 0 aliphatic carbocycles. The third-order valence-electron chi connectivity index (χ3n) is 12.2. The SMILES string of the molecule is CCCCCCCCCCCCCCCCCCCCC(O)C(CO)NC(=O)CCCCCCCCCCCCOC(=O)CCCCCCCCCCCCCC. The third kappa shape index (κ3) is 44.2. The van der Waals surface area contributed by atoms with Crippen LogP contribution >= 0.6 is 0 Å². The van der Waals surface area contributed by atoms with Crippen LogP contribution in [0, 0.1) is 0 Å². The highest BCUT2D eigenvalue weighted by molar-refractivity contribution is 5.76. The molecule has 0 spiro atoms. The van der Waals surface area contributed by atoms with Gasteiger partial charge in [-0.1, -0.05) is 251 Å². The molecule has 340 valence electrons. The van der Waals surface area contributed by atoms with Crippen molar-refractivity contribution in [2.24, 2.45) is 0 Å². The van der Waals surface area contributed by atoms with Gasteiger partial charge in [0.15, 0.2) is 0 Å². The topological polar surface area (TPSA) is 95.9 Å². The number of aliphatic hydroxyl groups excluding tert-OH is 2. The largest absolute Gasteiger partial charge is 0.466 e. The van der Waals surface area contributed by atoms with Crippen molar-refractivity contribution in [3.8, 4) is 0 Å². The molecule has 0 saturated heterocycles. The first kappa shape index (κ1) is 55.9. The van der Waals surface area contributed by atoms with Gasteiger partial charge in [-0.25, -0.2) is 0 Å². The van der Waals surface area contributed by atoms with Crippen molar-refractivity contribution in [3.05, 3.63) is 0 Å². The average molecular weight is 808 g/mol. The molecule has 0 bridgehead atoms. The molecule has 0 aromatic heterocycles. The van der Waals surface area contributed by atoms with E-state index in [-0.39, 0.29) is 18.5 Å². The number of hydrogen-bond acceptors (Lipinski definition) is 5. The zero-order valence-electron chi connectivity index (χ0n) is 38.6. The number of aliphatic hydroxyl groups is 2. The third-order valence-corrected chi connectivity index (χ3v) is 12.2. The molecule has 2 atom stereocenters. The van der Waals surface area contributed by atoms with Crippen molar-refractivity contribution in [2.45, 2.75) is 302 Å². The number of carbonyl (C=O) groups excluding carboxylic acids is 2. The van der Waals surface area contributed by atoms with Gasteiger partial charge in [0.05, 0.1) is 25.4 Å². The maximum Gasteiger partial charge on any atom is 0.305 e. The molecule has 2 unspecified atom stereocenters. The number of unbranched alkanes of at least 4 members (excludes halogenated alkanes) is 37. The lowest BCUT2D eigenvalue weighted by atomic mass is 10.0. The quantitative estimate of drug-likeness (QED) is 0.0420. The molecular weight excluding hydrogens is 707 g/mol. The predicted molar refractivity (Wildman–Crippen MR) is 246 cm³/mol. The summed E-state index contributed by atoms with van der Waals surface area (Å²) in [6.45, 7) is 4.92. The summed E-state index contributed by atoms with van der Waals surface area (Å²) in [5.74, 6) is -0.0719. The van der Waals surface area contributed by atoms with Crippen molar-refractivity contribution in [2.75, 3.05) is 13.2 Å². The minimum absolute atomic E-state index is 0.0172. The van der Waals surface area contributed by atoms with E-state index in [1.807, 2.05) is 0 Å². The number of rotatable bonds is 48. The Balaban J connectivity index is 3.47. The first-order chi connectivity index (χ1) is 28.0. The lowest BCUT2D eigenvalue weighted by Gasteiger charge is -2.22.